The Balaban J connectivity index is 0.000000230. The van der Waals surface area contributed by atoms with E-state index >= 15 is 0 Å². The molecule has 0 aromatic carbocycles. The first-order valence-electron chi connectivity index (χ1n) is 24.4. The average Bonchev–Trinajstić information content (AvgIpc) is 3.21. The third kappa shape index (κ3) is 15.2. The Kier molecular flexibility index (Phi) is 21.2. The van der Waals surface area contributed by atoms with Gasteiger partial charge < -0.3 is 29.4 Å². The van der Waals surface area contributed by atoms with Gasteiger partial charge in [0.05, 0.1) is 0 Å². The monoisotopic (exact) mass is 757 g/mol. The predicted molar refractivity (Wildman–Crippen MR) is 237 cm³/mol. The summed E-state index contributed by atoms with van der Waals surface area (Å²) >= 11 is 0. The summed E-state index contributed by atoms with van der Waals surface area (Å²) in [6.45, 7) is 44.5. The fourth-order valence-electron chi connectivity index (χ4n) is 11.3. The van der Waals surface area contributed by atoms with Gasteiger partial charge in [0.15, 0.2) is 0 Å². The first-order chi connectivity index (χ1) is 26.0. The first-order valence-corrected chi connectivity index (χ1v) is 24.4. The fraction of sp³-hybridized carbons (Fsp3) is 1.00. The van der Waals surface area contributed by atoms with Crippen LogP contribution in [0.5, 0.6) is 0 Å². The summed E-state index contributed by atoms with van der Waals surface area (Å²) in [5.74, 6) is 7.59. The molecule has 0 radical (unpaired) electrons. The molecule has 0 aliphatic carbocycles. The summed E-state index contributed by atoms with van der Waals surface area (Å²) in [5, 5.41) is 0. The highest BCUT2D eigenvalue weighted by Crippen LogP contribution is 2.33. The smallest absolute Gasteiger partial charge is 0.0120 e. The van der Waals surface area contributed by atoms with Gasteiger partial charge in [-0.25, -0.2) is 0 Å². The second kappa shape index (κ2) is 24.6. The van der Waals surface area contributed by atoms with E-state index in [0.717, 1.165) is 59.4 Å². The lowest BCUT2D eigenvalue weighted by Crippen LogP contribution is -2.49. The van der Waals surface area contributed by atoms with Crippen molar-refractivity contribution in [2.45, 2.75) is 158 Å². The van der Waals surface area contributed by atoms with Crippen LogP contribution >= 0.6 is 0 Å². The van der Waals surface area contributed by atoms with Gasteiger partial charge in [0.25, 0.3) is 0 Å². The van der Waals surface area contributed by atoms with E-state index < -0.39 is 0 Å². The van der Waals surface area contributed by atoms with Crippen molar-refractivity contribution in [3.05, 3.63) is 0 Å². The standard InChI is InChI=1S/2C23H45N3.C2H6/c1-19(2)21-5-11-24(12-6-21)17-18-25-13-9-23(10-14-25)26-15-7-22(8-16-26)20(3)4;1-19(2)21-5-11-24(12-6-21)17-18-25-13-7-22(8-14-25)23-9-15-26(16-10-23)20(3)4;1-2/h2*19-23H,5-18H2,1-4H3;1-2H3. The molecule has 6 fully saturated rings. The van der Waals surface area contributed by atoms with Crippen LogP contribution in [0.3, 0.4) is 0 Å². The van der Waals surface area contributed by atoms with Crippen molar-refractivity contribution in [2.24, 2.45) is 47.3 Å². The molecule has 0 atom stereocenters. The van der Waals surface area contributed by atoms with Gasteiger partial charge in [-0.3, -0.25) is 0 Å². The summed E-state index contributed by atoms with van der Waals surface area (Å²) in [6, 6.07) is 1.62. The van der Waals surface area contributed by atoms with Crippen LogP contribution in [0, 0.1) is 47.3 Å². The second-order valence-corrected chi connectivity index (χ2v) is 20.2. The summed E-state index contributed by atoms with van der Waals surface area (Å²) in [4.78, 5) is 16.5. The highest BCUT2D eigenvalue weighted by Gasteiger charge is 2.32. The molecule has 318 valence electrons. The molecule has 6 aliphatic rings. The van der Waals surface area contributed by atoms with Crippen LogP contribution in [0.2, 0.25) is 0 Å². The summed E-state index contributed by atoms with van der Waals surface area (Å²) in [7, 11) is 0. The molecule has 0 bridgehead atoms. The molecule has 0 N–H and O–H groups in total. The number of likely N-dealkylation sites (tertiary alicyclic amines) is 6. The van der Waals surface area contributed by atoms with Crippen LogP contribution in [-0.2, 0) is 0 Å². The molecule has 6 rings (SSSR count). The van der Waals surface area contributed by atoms with E-state index in [-0.39, 0.29) is 0 Å². The SMILES string of the molecule is CC.CC(C)C1CCN(CCN2CCC(C3CCN(C(C)C)CC3)CC2)CC1.CC(C)C1CCN(CCN2CCC(N3CCC(C(C)C)CC3)CC2)CC1. The van der Waals surface area contributed by atoms with Crippen LogP contribution in [0.25, 0.3) is 0 Å². The van der Waals surface area contributed by atoms with E-state index in [9.17, 15) is 0 Å². The van der Waals surface area contributed by atoms with Gasteiger partial charge in [0, 0.05) is 38.3 Å². The summed E-state index contributed by atoms with van der Waals surface area (Å²) < 4.78 is 0. The Labute approximate surface area is 338 Å². The quantitative estimate of drug-likeness (QED) is 0.196. The average molecular weight is 757 g/mol. The van der Waals surface area contributed by atoms with E-state index in [2.05, 4.69) is 84.8 Å². The Morgan fingerprint density at radius 2 is 0.630 bits per heavy atom. The molecule has 0 spiro atoms. The number of rotatable bonds is 12. The van der Waals surface area contributed by atoms with Crippen LogP contribution < -0.4 is 0 Å². The lowest BCUT2D eigenvalue weighted by Gasteiger charge is -2.43. The fourth-order valence-corrected chi connectivity index (χ4v) is 11.3. The molecule has 54 heavy (non-hydrogen) atoms. The molecule has 6 nitrogen and oxygen atoms in total. The zero-order valence-electron chi connectivity index (χ0n) is 38.3. The minimum atomic E-state index is 0.739. The van der Waals surface area contributed by atoms with Gasteiger partial charge in [-0.2, -0.15) is 0 Å². The maximum atomic E-state index is 2.83. The van der Waals surface area contributed by atoms with E-state index in [1.165, 1.54) is 182 Å². The van der Waals surface area contributed by atoms with Gasteiger partial charge in [0.2, 0.25) is 0 Å². The number of nitrogens with zero attached hydrogens (tertiary/aromatic N) is 6. The van der Waals surface area contributed by atoms with Crippen LogP contribution in [0.1, 0.15) is 146 Å². The minimum absolute atomic E-state index is 0.739. The Morgan fingerprint density at radius 3 is 0.944 bits per heavy atom. The second-order valence-electron chi connectivity index (χ2n) is 20.2. The normalized spacial score (nSPS) is 26.1. The lowest BCUT2D eigenvalue weighted by atomic mass is 9.78. The van der Waals surface area contributed by atoms with Crippen LogP contribution in [-0.4, -0.2) is 146 Å². The largest absolute Gasteiger partial charge is 0.302 e. The molecule has 0 saturated carbocycles. The Bertz CT molecular complexity index is 845. The first kappa shape index (κ1) is 46.4. The van der Waals surface area contributed by atoms with Crippen molar-refractivity contribution in [3.8, 4) is 0 Å². The molecule has 6 heterocycles. The van der Waals surface area contributed by atoms with Crippen LogP contribution in [0.15, 0.2) is 0 Å². The lowest BCUT2D eigenvalue weighted by molar-refractivity contribution is 0.0630. The number of hydrogen-bond acceptors (Lipinski definition) is 6. The highest BCUT2D eigenvalue weighted by molar-refractivity contribution is 4.86. The topological polar surface area (TPSA) is 19.4 Å². The van der Waals surface area contributed by atoms with Gasteiger partial charge in [-0.15, -0.1) is 0 Å². The van der Waals surface area contributed by atoms with Crippen molar-refractivity contribution in [3.63, 3.8) is 0 Å². The molecular weight excluding hydrogens is 661 g/mol. The molecule has 6 heteroatoms. The highest BCUT2D eigenvalue weighted by atomic mass is 15.2. The van der Waals surface area contributed by atoms with Crippen molar-refractivity contribution in [1.82, 2.24) is 29.4 Å². The molecular formula is C48H96N6. The van der Waals surface area contributed by atoms with E-state index in [1.54, 1.807) is 0 Å². The van der Waals surface area contributed by atoms with E-state index in [1.807, 2.05) is 13.8 Å². The maximum Gasteiger partial charge on any atom is 0.0120 e. The van der Waals surface area contributed by atoms with Crippen LogP contribution in [0.4, 0.5) is 0 Å². The van der Waals surface area contributed by atoms with Gasteiger partial charge >= 0.3 is 0 Å². The Morgan fingerprint density at radius 1 is 0.352 bits per heavy atom. The zero-order chi connectivity index (χ0) is 39.0. The van der Waals surface area contributed by atoms with E-state index in [0.29, 0.717) is 0 Å². The third-order valence-corrected chi connectivity index (χ3v) is 15.8. The predicted octanol–water partition coefficient (Wildman–Crippen LogP) is 9.40. The summed E-state index contributed by atoms with van der Waals surface area (Å²) in [6.07, 6.45) is 17.2. The summed E-state index contributed by atoms with van der Waals surface area (Å²) in [5.41, 5.74) is 0. The molecule has 0 amide bonds. The third-order valence-electron chi connectivity index (χ3n) is 15.8. The zero-order valence-corrected chi connectivity index (χ0v) is 38.3. The van der Waals surface area contributed by atoms with Gasteiger partial charge in [0.1, 0.15) is 0 Å². The van der Waals surface area contributed by atoms with Crippen molar-refractivity contribution in [2.75, 3.05) is 105 Å². The van der Waals surface area contributed by atoms with Crippen molar-refractivity contribution < 1.29 is 0 Å². The van der Waals surface area contributed by atoms with Crippen molar-refractivity contribution in [1.29, 1.82) is 0 Å². The minimum Gasteiger partial charge on any atom is -0.302 e. The Hall–Kier alpha value is -0.240. The van der Waals surface area contributed by atoms with E-state index in [4.69, 9.17) is 0 Å². The number of piperidine rings is 6. The molecule has 0 aromatic rings. The number of hydrogen-bond donors (Lipinski definition) is 0. The molecule has 6 aliphatic heterocycles. The van der Waals surface area contributed by atoms with Gasteiger partial charge in [-0.05, 0) is 217 Å². The molecule has 0 aromatic heterocycles. The van der Waals surface area contributed by atoms with Gasteiger partial charge in [-0.1, -0.05) is 55.4 Å². The van der Waals surface area contributed by atoms with Crippen molar-refractivity contribution >= 4 is 0 Å². The molecule has 0 unspecified atom stereocenters. The maximum absolute atomic E-state index is 2.83. The molecule has 6 saturated heterocycles.